The Morgan fingerprint density at radius 3 is 2.51 bits per heavy atom. The molecule has 5 N–H and O–H groups in total. The van der Waals surface area contributed by atoms with Crippen LogP contribution in [0.1, 0.15) is 63.0 Å². The first-order valence-corrected chi connectivity index (χ1v) is 12.9. The highest BCUT2D eigenvalue weighted by Gasteiger charge is 2.54. The number of rotatable bonds is 13. The number of carbonyl (C=O) groups excluding carboxylic acids is 3. The summed E-state index contributed by atoms with van der Waals surface area (Å²) < 4.78 is 0. The van der Waals surface area contributed by atoms with Crippen molar-refractivity contribution >= 4 is 17.7 Å². The lowest BCUT2D eigenvalue weighted by atomic mass is 9.92. The van der Waals surface area contributed by atoms with Gasteiger partial charge in [-0.2, -0.15) is 0 Å². The van der Waals surface area contributed by atoms with Crippen LogP contribution in [0.5, 0.6) is 5.75 Å². The Bertz CT molecular complexity index is 860. The van der Waals surface area contributed by atoms with Crippen LogP contribution in [-0.4, -0.2) is 78.4 Å². The molecule has 1 aromatic carbocycles. The Labute approximate surface area is 208 Å². The Balaban J connectivity index is 1.74. The summed E-state index contributed by atoms with van der Waals surface area (Å²) in [6.07, 6.45) is 6.49. The third-order valence-corrected chi connectivity index (χ3v) is 7.02. The molecule has 1 aromatic rings. The number of hydrogen-bond acceptors (Lipinski definition) is 6. The van der Waals surface area contributed by atoms with Gasteiger partial charge in [-0.3, -0.25) is 14.4 Å². The average molecular weight is 488 g/mol. The molecular formula is C26H41N5O4. The minimum atomic E-state index is -0.667. The van der Waals surface area contributed by atoms with Crippen LogP contribution in [0.4, 0.5) is 0 Å². The van der Waals surface area contributed by atoms with E-state index in [1.807, 2.05) is 14.1 Å². The number of aromatic hydroxyl groups is 1. The van der Waals surface area contributed by atoms with Gasteiger partial charge in [-0.25, -0.2) is 0 Å². The van der Waals surface area contributed by atoms with Gasteiger partial charge >= 0.3 is 0 Å². The molecule has 2 aliphatic heterocycles. The summed E-state index contributed by atoms with van der Waals surface area (Å²) in [5, 5.41) is 15.7. The maximum absolute atomic E-state index is 13.6. The number of fused-ring (bicyclic) bond motifs is 1. The van der Waals surface area contributed by atoms with E-state index in [1.54, 1.807) is 29.2 Å². The van der Waals surface area contributed by atoms with E-state index in [9.17, 15) is 19.5 Å². The van der Waals surface area contributed by atoms with Crippen molar-refractivity contribution in [3.05, 3.63) is 29.8 Å². The SMILES string of the molecule is CN(C)CCCC[C@@H]1NC(=O)[C@H]2C[C@@H](C(=O)NCCCCCCN)[C@@H](c3ccc(O)cc3)N2C1=O. The highest BCUT2D eigenvalue weighted by Crippen LogP contribution is 2.43. The second kappa shape index (κ2) is 12.9. The summed E-state index contributed by atoms with van der Waals surface area (Å²) in [5.41, 5.74) is 6.29. The van der Waals surface area contributed by atoms with Crippen LogP contribution >= 0.6 is 0 Å². The third-order valence-electron chi connectivity index (χ3n) is 7.02. The highest BCUT2D eigenvalue weighted by atomic mass is 16.3. The molecule has 0 unspecified atom stereocenters. The molecule has 9 nitrogen and oxygen atoms in total. The number of phenols is 1. The summed E-state index contributed by atoms with van der Waals surface area (Å²) in [6, 6.07) is 4.80. The van der Waals surface area contributed by atoms with Gasteiger partial charge in [0.1, 0.15) is 17.8 Å². The summed E-state index contributed by atoms with van der Waals surface area (Å²) in [5.74, 6) is -0.879. The molecule has 0 spiro atoms. The van der Waals surface area contributed by atoms with E-state index in [0.717, 1.165) is 50.6 Å². The zero-order valence-electron chi connectivity index (χ0n) is 21.0. The normalized spacial score (nSPS) is 23.9. The van der Waals surface area contributed by atoms with Crippen molar-refractivity contribution in [1.29, 1.82) is 0 Å². The fourth-order valence-electron chi connectivity index (χ4n) is 5.16. The van der Waals surface area contributed by atoms with Crippen molar-refractivity contribution < 1.29 is 19.5 Å². The maximum Gasteiger partial charge on any atom is 0.246 e. The Morgan fingerprint density at radius 1 is 1.11 bits per heavy atom. The van der Waals surface area contributed by atoms with Gasteiger partial charge in [0.2, 0.25) is 17.7 Å². The zero-order chi connectivity index (χ0) is 25.4. The van der Waals surface area contributed by atoms with Gasteiger partial charge in [-0.1, -0.05) is 25.0 Å². The number of nitrogens with one attached hydrogen (secondary N) is 2. The van der Waals surface area contributed by atoms with Crippen molar-refractivity contribution in [1.82, 2.24) is 20.4 Å². The number of hydrogen-bond donors (Lipinski definition) is 4. The summed E-state index contributed by atoms with van der Waals surface area (Å²) in [7, 11) is 4.02. The first kappa shape index (κ1) is 26.9. The van der Waals surface area contributed by atoms with E-state index in [2.05, 4.69) is 15.5 Å². The largest absolute Gasteiger partial charge is 0.508 e. The van der Waals surface area contributed by atoms with Crippen molar-refractivity contribution in [2.24, 2.45) is 11.7 Å². The van der Waals surface area contributed by atoms with Crippen molar-refractivity contribution in [3.63, 3.8) is 0 Å². The number of nitrogens with zero attached hydrogens (tertiary/aromatic N) is 2. The standard InChI is InChI=1S/C26H41N5O4/c1-30(2)16-8-5-9-21-26(35)31-22(25(34)29-21)17-20(23(31)18-10-12-19(32)13-11-18)24(33)28-15-7-4-3-6-14-27/h10-13,20-23,32H,3-9,14-17,27H2,1-2H3,(H,28,33)(H,29,34)/t20-,21+,22-,23-/m1/s1. The van der Waals surface area contributed by atoms with Crippen molar-refractivity contribution in [2.75, 3.05) is 33.7 Å². The van der Waals surface area contributed by atoms with E-state index >= 15 is 0 Å². The molecule has 9 heteroatoms. The molecule has 35 heavy (non-hydrogen) atoms. The highest BCUT2D eigenvalue weighted by molar-refractivity contribution is 5.99. The van der Waals surface area contributed by atoms with Gasteiger partial charge in [0, 0.05) is 6.54 Å². The maximum atomic E-state index is 13.6. The second-order valence-electron chi connectivity index (χ2n) is 9.99. The van der Waals surface area contributed by atoms with Crippen LogP contribution in [0.2, 0.25) is 0 Å². The van der Waals surface area contributed by atoms with E-state index in [1.165, 1.54) is 0 Å². The third kappa shape index (κ3) is 6.95. The van der Waals surface area contributed by atoms with Gasteiger partial charge in [0.15, 0.2) is 0 Å². The van der Waals surface area contributed by atoms with Crippen LogP contribution in [0, 0.1) is 5.92 Å². The fourth-order valence-corrected chi connectivity index (χ4v) is 5.16. The number of nitrogens with two attached hydrogens (primary N) is 1. The Kier molecular flexibility index (Phi) is 9.92. The van der Waals surface area contributed by atoms with E-state index in [0.29, 0.717) is 19.5 Å². The molecule has 2 saturated heterocycles. The van der Waals surface area contributed by atoms with E-state index in [4.69, 9.17) is 5.73 Å². The molecule has 3 rings (SSSR count). The molecule has 2 heterocycles. The van der Waals surface area contributed by atoms with Gasteiger partial charge in [0.05, 0.1) is 12.0 Å². The van der Waals surface area contributed by atoms with Crippen LogP contribution in [0.3, 0.4) is 0 Å². The zero-order valence-corrected chi connectivity index (χ0v) is 21.0. The predicted molar refractivity (Wildman–Crippen MR) is 134 cm³/mol. The van der Waals surface area contributed by atoms with E-state index < -0.39 is 24.0 Å². The van der Waals surface area contributed by atoms with Crippen LogP contribution in [0.15, 0.2) is 24.3 Å². The van der Waals surface area contributed by atoms with Crippen LogP contribution in [0.25, 0.3) is 0 Å². The lowest BCUT2D eigenvalue weighted by Gasteiger charge is -2.38. The average Bonchev–Trinajstić information content (AvgIpc) is 3.24. The molecule has 2 aliphatic rings. The molecule has 0 saturated carbocycles. The molecule has 194 valence electrons. The lowest BCUT2D eigenvalue weighted by Crippen LogP contribution is -2.61. The number of piperazine rings is 1. The first-order chi connectivity index (χ1) is 16.8. The first-order valence-electron chi connectivity index (χ1n) is 12.9. The van der Waals surface area contributed by atoms with Gasteiger partial charge in [-0.05, 0) is 83.4 Å². The second-order valence-corrected chi connectivity index (χ2v) is 9.99. The van der Waals surface area contributed by atoms with Crippen molar-refractivity contribution in [2.45, 2.75) is 69.5 Å². The van der Waals surface area contributed by atoms with Gasteiger partial charge in [-0.15, -0.1) is 0 Å². The number of carbonyl (C=O) groups is 3. The Morgan fingerprint density at radius 2 is 1.83 bits per heavy atom. The smallest absolute Gasteiger partial charge is 0.246 e. The summed E-state index contributed by atoms with van der Waals surface area (Å²) >= 11 is 0. The number of benzene rings is 1. The summed E-state index contributed by atoms with van der Waals surface area (Å²) in [4.78, 5) is 43.6. The van der Waals surface area contributed by atoms with Crippen LogP contribution < -0.4 is 16.4 Å². The molecule has 4 atom stereocenters. The topological polar surface area (TPSA) is 128 Å². The monoisotopic (exact) mass is 487 g/mol. The quantitative estimate of drug-likeness (QED) is 0.312. The lowest BCUT2D eigenvalue weighted by molar-refractivity contribution is -0.149. The molecular weight excluding hydrogens is 446 g/mol. The minimum Gasteiger partial charge on any atom is -0.508 e. The van der Waals surface area contributed by atoms with Gasteiger partial charge in [0.25, 0.3) is 0 Å². The summed E-state index contributed by atoms with van der Waals surface area (Å²) in [6.45, 7) is 2.15. The molecule has 0 bridgehead atoms. The molecule has 0 radical (unpaired) electrons. The molecule has 3 amide bonds. The number of amides is 3. The minimum absolute atomic E-state index is 0.114. The van der Waals surface area contributed by atoms with Crippen molar-refractivity contribution in [3.8, 4) is 5.75 Å². The fraction of sp³-hybridized carbons (Fsp3) is 0.654. The Hall–Kier alpha value is -2.65. The van der Waals surface area contributed by atoms with Crippen LogP contribution in [-0.2, 0) is 14.4 Å². The van der Waals surface area contributed by atoms with Gasteiger partial charge < -0.3 is 31.3 Å². The molecule has 0 aromatic heterocycles. The number of phenolic OH excluding ortho intramolecular Hbond substituents is 1. The predicted octanol–water partition coefficient (Wildman–Crippen LogP) is 1.52. The molecule has 0 aliphatic carbocycles. The molecule has 2 fully saturated rings. The van der Waals surface area contributed by atoms with E-state index in [-0.39, 0.29) is 29.9 Å². The number of unbranched alkanes of at least 4 members (excludes halogenated alkanes) is 4.